The molecule has 43 heavy (non-hydrogen) atoms. The first-order valence-electron chi connectivity index (χ1n) is 14.2. The number of fused-ring (bicyclic) bond motifs is 4. The van der Waals surface area contributed by atoms with E-state index in [4.69, 9.17) is 28.5 Å². The SMILES string of the molecule is O=C1OC2CC3(C(=O)NCCO)C(ON(Cc4ccccc4C=CCOC4OC(CO)C(O)C(O)C4O)C13)C1OCOC21. The zero-order valence-electron chi connectivity index (χ0n) is 23.1. The topological polar surface area (TPSA) is 206 Å². The third kappa shape index (κ3) is 5.27. The lowest BCUT2D eigenvalue weighted by molar-refractivity contribution is -0.298. The number of amides is 1. The number of carbonyl (C=O) groups excluding carboxylic acids is 2. The van der Waals surface area contributed by atoms with Crippen molar-refractivity contribution < 1.29 is 63.6 Å². The highest BCUT2D eigenvalue weighted by Gasteiger charge is 2.74. The quantitative estimate of drug-likeness (QED) is 0.148. The van der Waals surface area contributed by atoms with Crippen LogP contribution in [0.2, 0.25) is 0 Å². The average molecular weight is 609 g/mol. The third-order valence-electron chi connectivity index (χ3n) is 8.78. The van der Waals surface area contributed by atoms with Crippen LogP contribution in [0.4, 0.5) is 0 Å². The van der Waals surface area contributed by atoms with Gasteiger partial charge in [0.2, 0.25) is 5.91 Å². The molecule has 2 bridgehead atoms. The van der Waals surface area contributed by atoms with Gasteiger partial charge in [0, 0.05) is 13.0 Å². The molecule has 4 aliphatic heterocycles. The van der Waals surface area contributed by atoms with Crippen molar-refractivity contribution in [2.45, 2.75) is 74.1 Å². The smallest absolute Gasteiger partial charge is 0.327 e. The minimum atomic E-state index is -1.54. The molecule has 6 rings (SSSR count). The zero-order chi connectivity index (χ0) is 30.3. The molecule has 15 heteroatoms. The molecule has 5 fully saturated rings. The van der Waals surface area contributed by atoms with Crippen LogP contribution in [-0.4, -0.2) is 137 Å². The molecule has 1 saturated carbocycles. The van der Waals surface area contributed by atoms with E-state index in [2.05, 4.69) is 5.32 Å². The predicted molar refractivity (Wildman–Crippen MR) is 141 cm³/mol. The summed E-state index contributed by atoms with van der Waals surface area (Å²) >= 11 is 0. The number of esters is 1. The van der Waals surface area contributed by atoms with Gasteiger partial charge in [-0.25, -0.2) is 0 Å². The number of nitrogens with one attached hydrogen (secondary N) is 1. The first-order chi connectivity index (χ1) is 20.8. The maximum atomic E-state index is 13.6. The van der Waals surface area contributed by atoms with E-state index >= 15 is 0 Å². The number of aliphatic hydroxyl groups excluding tert-OH is 5. The van der Waals surface area contributed by atoms with Crippen molar-refractivity contribution in [2.24, 2.45) is 5.41 Å². The van der Waals surface area contributed by atoms with Crippen LogP contribution in [0.1, 0.15) is 17.5 Å². The standard InChI is InChI=1S/C28H36N2O13/c31-8-7-29-27(37)28-10-16-21-22(40-13-39-21)24(28)43-30(23(28)25(36)41-16)11-15-5-2-1-4-14(15)6-3-9-38-26-20(35)19(34)18(33)17(12-32)42-26/h1-6,16-24,26,31-35H,7-13H2,(H,29,37). The van der Waals surface area contributed by atoms with Crippen molar-refractivity contribution in [3.63, 3.8) is 0 Å². The van der Waals surface area contributed by atoms with Crippen molar-refractivity contribution in [3.8, 4) is 0 Å². The lowest BCUT2D eigenvalue weighted by Gasteiger charge is -2.48. The van der Waals surface area contributed by atoms with E-state index < -0.39 is 85.1 Å². The van der Waals surface area contributed by atoms with Crippen molar-refractivity contribution in [1.82, 2.24) is 10.4 Å². The van der Waals surface area contributed by atoms with Crippen LogP contribution >= 0.6 is 0 Å². The monoisotopic (exact) mass is 608 g/mol. The summed E-state index contributed by atoms with van der Waals surface area (Å²) < 4.78 is 28.2. The second-order valence-electron chi connectivity index (χ2n) is 11.2. The summed E-state index contributed by atoms with van der Waals surface area (Å²) in [6, 6.07) is 6.26. The normalized spacial score (nSPS) is 40.4. The molecule has 1 aliphatic carbocycles. The summed E-state index contributed by atoms with van der Waals surface area (Å²) in [6.45, 7) is -0.744. The van der Waals surface area contributed by atoms with Gasteiger partial charge in [0.15, 0.2) is 12.3 Å². The molecule has 1 aromatic carbocycles. The maximum Gasteiger partial charge on any atom is 0.327 e. The Labute approximate surface area is 246 Å². The number of carbonyl (C=O) groups is 2. The first-order valence-corrected chi connectivity index (χ1v) is 14.2. The largest absolute Gasteiger partial charge is 0.458 e. The molecular weight excluding hydrogens is 572 g/mol. The van der Waals surface area contributed by atoms with Crippen LogP contribution in [0.25, 0.3) is 6.08 Å². The van der Waals surface area contributed by atoms with Gasteiger partial charge in [-0.05, 0) is 11.1 Å². The van der Waals surface area contributed by atoms with Crippen LogP contribution in [0.3, 0.4) is 0 Å². The molecular formula is C28H36N2O13. The van der Waals surface area contributed by atoms with Gasteiger partial charge in [0.1, 0.15) is 61.0 Å². The molecule has 4 heterocycles. The van der Waals surface area contributed by atoms with Gasteiger partial charge >= 0.3 is 5.97 Å². The average Bonchev–Trinajstić information content (AvgIpc) is 3.63. The van der Waals surface area contributed by atoms with Gasteiger partial charge < -0.3 is 54.5 Å². The Morgan fingerprint density at radius 3 is 2.70 bits per heavy atom. The Balaban J connectivity index is 1.19. The fourth-order valence-corrected chi connectivity index (χ4v) is 6.71. The highest BCUT2D eigenvalue weighted by molar-refractivity contribution is 5.93. The number of aliphatic hydroxyl groups is 5. The molecule has 6 N–H and O–H groups in total. The second-order valence-corrected chi connectivity index (χ2v) is 11.2. The minimum Gasteiger partial charge on any atom is -0.458 e. The van der Waals surface area contributed by atoms with E-state index in [-0.39, 0.29) is 39.5 Å². The lowest BCUT2D eigenvalue weighted by Crippen LogP contribution is -2.69. The second kappa shape index (κ2) is 12.5. The highest BCUT2D eigenvalue weighted by Crippen LogP contribution is 2.55. The number of hydrogen-bond donors (Lipinski definition) is 6. The Hall–Kier alpha value is -2.54. The van der Waals surface area contributed by atoms with Crippen LogP contribution < -0.4 is 5.32 Å². The number of benzene rings is 1. The Bertz CT molecular complexity index is 1210. The highest BCUT2D eigenvalue weighted by atomic mass is 16.8. The fraction of sp³-hybridized carbons (Fsp3) is 0.643. The van der Waals surface area contributed by atoms with E-state index in [0.29, 0.717) is 0 Å². The van der Waals surface area contributed by atoms with E-state index in [0.717, 1.165) is 11.1 Å². The van der Waals surface area contributed by atoms with Crippen molar-refractivity contribution >= 4 is 18.0 Å². The van der Waals surface area contributed by atoms with E-state index in [9.17, 15) is 35.1 Å². The van der Waals surface area contributed by atoms with Gasteiger partial charge in [-0.2, -0.15) is 5.06 Å². The molecule has 15 nitrogen and oxygen atoms in total. The summed E-state index contributed by atoms with van der Waals surface area (Å²) in [5, 5.41) is 53.0. The Morgan fingerprint density at radius 2 is 1.91 bits per heavy atom. The zero-order valence-corrected chi connectivity index (χ0v) is 23.1. The van der Waals surface area contributed by atoms with Gasteiger partial charge in [0.25, 0.3) is 0 Å². The van der Waals surface area contributed by atoms with Gasteiger partial charge in [0.05, 0.1) is 26.4 Å². The summed E-state index contributed by atoms with van der Waals surface area (Å²) in [6.07, 6.45) is -5.97. The van der Waals surface area contributed by atoms with Crippen LogP contribution in [-0.2, 0) is 44.7 Å². The molecule has 0 aromatic heterocycles. The predicted octanol–water partition coefficient (Wildman–Crippen LogP) is -2.83. The molecule has 1 aromatic rings. The molecule has 236 valence electrons. The van der Waals surface area contributed by atoms with Gasteiger partial charge in [-0.1, -0.05) is 36.4 Å². The fourth-order valence-electron chi connectivity index (χ4n) is 6.71. The molecule has 11 atom stereocenters. The number of hydroxylamine groups is 2. The van der Waals surface area contributed by atoms with Gasteiger partial charge in [-0.15, -0.1) is 0 Å². The molecule has 0 spiro atoms. The van der Waals surface area contributed by atoms with Crippen molar-refractivity contribution in [1.29, 1.82) is 0 Å². The lowest BCUT2D eigenvalue weighted by atomic mass is 9.62. The van der Waals surface area contributed by atoms with Crippen LogP contribution in [0.15, 0.2) is 30.3 Å². The molecule has 1 amide bonds. The molecule has 11 unspecified atom stereocenters. The summed E-state index contributed by atoms with van der Waals surface area (Å²) in [5.41, 5.74) is 0.192. The van der Waals surface area contributed by atoms with Crippen LogP contribution in [0, 0.1) is 5.41 Å². The summed E-state index contributed by atoms with van der Waals surface area (Å²) in [7, 11) is 0. The third-order valence-corrected chi connectivity index (χ3v) is 8.78. The van der Waals surface area contributed by atoms with E-state index in [1.807, 2.05) is 24.3 Å². The van der Waals surface area contributed by atoms with E-state index in [1.165, 1.54) is 5.06 Å². The summed E-state index contributed by atoms with van der Waals surface area (Å²) in [5.74, 6) is -1.03. The number of nitrogens with zero attached hydrogens (tertiary/aromatic N) is 1. The maximum absolute atomic E-state index is 13.6. The Morgan fingerprint density at radius 1 is 1.12 bits per heavy atom. The van der Waals surface area contributed by atoms with E-state index in [1.54, 1.807) is 12.2 Å². The van der Waals surface area contributed by atoms with Crippen molar-refractivity contribution in [3.05, 3.63) is 41.5 Å². The Kier molecular flexibility index (Phi) is 8.83. The minimum absolute atomic E-state index is 0.0128. The first kappa shape index (κ1) is 30.5. The molecule has 4 saturated heterocycles. The number of rotatable bonds is 10. The summed E-state index contributed by atoms with van der Waals surface area (Å²) in [4.78, 5) is 33.4. The molecule has 0 radical (unpaired) electrons. The number of ether oxygens (including phenoxy) is 5. The van der Waals surface area contributed by atoms with Crippen LogP contribution in [0.5, 0.6) is 0 Å². The molecule has 5 aliphatic rings. The van der Waals surface area contributed by atoms with Gasteiger partial charge in [-0.3, -0.25) is 14.4 Å². The van der Waals surface area contributed by atoms with Crippen molar-refractivity contribution in [2.75, 3.05) is 33.2 Å². The number of hydrogen-bond acceptors (Lipinski definition) is 14.